The van der Waals surface area contributed by atoms with Crippen LogP contribution in [0.1, 0.15) is 16.7 Å². The Morgan fingerprint density at radius 2 is 1.56 bits per heavy atom. The lowest BCUT2D eigenvalue weighted by molar-refractivity contribution is 0.122. The van der Waals surface area contributed by atoms with E-state index in [1.54, 1.807) is 43.5 Å². The van der Waals surface area contributed by atoms with Crippen LogP contribution in [0, 0.1) is 20.8 Å². The first-order valence-corrected chi connectivity index (χ1v) is 11.9. The molecular formula is C23H27N5O3S. The monoisotopic (exact) mass is 453 g/mol. The molecule has 0 spiro atoms. The van der Waals surface area contributed by atoms with E-state index in [1.165, 1.54) is 0 Å². The van der Waals surface area contributed by atoms with Gasteiger partial charge in [-0.25, -0.2) is 8.42 Å². The first kappa shape index (κ1) is 22.0. The standard InChI is InChI=1S/C23H27N5O3S/c1-16-12-18(3)22(13-17(16)2)32(29,30)27-20-6-4-19(5-7-20)25-23-14-21(15-24-26-23)28-8-10-31-11-9-28/h4-7,12-15,27H,8-11H2,1-3H3,(H,25,26). The van der Waals surface area contributed by atoms with Gasteiger partial charge in [0.25, 0.3) is 10.0 Å². The van der Waals surface area contributed by atoms with E-state index in [0.29, 0.717) is 24.7 Å². The van der Waals surface area contributed by atoms with Crippen LogP contribution in [-0.2, 0) is 14.8 Å². The van der Waals surface area contributed by atoms with Gasteiger partial charge in [0, 0.05) is 30.5 Å². The van der Waals surface area contributed by atoms with Gasteiger partial charge in [-0.1, -0.05) is 6.07 Å². The summed E-state index contributed by atoms with van der Waals surface area (Å²) in [6.07, 6.45) is 1.74. The molecule has 0 bridgehead atoms. The third-order valence-corrected chi connectivity index (χ3v) is 7.03. The molecule has 168 valence electrons. The number of rotatable bonds is 6. The fourth-order valence-corrected chi connectivity index (χ4v) is 4.99. The highest BCUT2D eigenvalue weighted by Gasteiger charge is 2.18. The zero-order valence-corrected chi connectivity index (χ0v) is 19.2. The number of anilines is 4. The summed E-state index contributed by atoms with van der Waals surface area (Å²) in [5.74, 6) is 0.619. The maximum atomic E-state index is 12.9. The molecule has 1 aliphatic rings. The molecule has 9 heteroatoms. The Kier molecular flexibility index (Phi) is 6.29. The fourth-order valence-electron chi connectivity index (χ4n) is 3.62. The summed E-state index contributed by atoms with van der Waals surface area (Å²) >= 11 is 0. The molecule has 1 saturated heterocycles. The van der Waals surface area contributed by atoms with Crippen molar-refractivity contribution in [2.75, 3.05) is 41.2 Å². The van der Waals surface area contributed by atoms with E-state index < -0.39 is 10.0 Å². The highest BCUT2D eigenvalue weighted by Crippen LogP contribution is 2.25. The van der Waals surface area contributed by atoms with Crippen molar-refractivity contribution in [2.24, 2.45) is 0 Å². The molecule has 1 fully saturated rings. The molecule has 2 aromatic carbocycles. The molecule has 0 amide bonds. The molecule has 1 aliphatic heterocycles. The number of nitrogens with zero attached hydrogens (tertiary/aromatic N) is 3. The Hall–Kier alpha value is -3.17. The van der Waals surface area contributed by atoms with Crippen molar-refractivity contribution in [1.29, 1.82) is 0 Å². The predicted molar refractivity (Wildman–Crippen MR) is 126 cm³/mol. The van der Waals surface area contributed by atoms with E-state index in [4.69, 9.17) is 4.74 Å². The lowest BCUT2D eigenvalue weighted by Gasteiger charge is -2.28. The first-order chi connectivity index (χ1) is 15.3. The van der Waals surface area contributed by atoms with Crippen molar-refractivity contribution < 1.29 is 13.2 Å². The van der Waals surface area contributed by atoms with Crippen LogP contribution in [-0.4, -0.2) is 44.9 Å². The van der Waals surface area contributed by atoms with Crippen molar-refractivity contribution in [2.45, 2.75) is 25.7 Å². The zero-order chi connectivity index (χ0) is 22.7. The third kappa shape index (κ3) is 5.00. The average Bonchev–Trinajstić information content (AvgIpc) is 2.78. The topological polar surface area (TPSA) is 96.5 Å². The summed E-state index contributed by atoms with van der Waals surface area (Å²) in [6, 6.07) is 12.6. The largest absolute Gasteiger partial charge is 0.378 e. The number of aryl methyl sites for hydroxylation is 3. The summed E-state index contributed by atoms with van der Waals surface area (Å²) in [5.41, 5.74) is 4.98. The first-order valence-electron chi connectivity index (χ1n) is 10.4. The summed E-state index contributed by atoms with van der Waals surface area (Å²) in [7, 11) is -3.68. The molecule has 8 nitrogen and oxygen atoms in total. The van der Waals surface area contributed by atoms with Gasteiger partial charge < -0.3 is 15.0 Å². The minimum Gasteiger partial charge on any atom is -0.378 e. The van der Waals surface area contributed by atoms with Gasteiger partial charge in [-0.2, -0.15) is 5.10 Å². The van der Waals surface area contributed by atoms with Crippen LogP contribution in [0.15, 0.2) is 53.6 Å². The number of benzene rings is 2. The molecule has 0 aliphatic carbocycles. The minimum absolute atomic E-state index is 0.290. The minimum atomic E-state index is -3.68. The van der Waals surface area contributed by atoms with E-state index in [2.05, 4.69) is 25.1 Å². The molecule has 0 radical (unpaired) electrons. The van der Waals surface area contributed by atoms with E-state index in [9.17, 15) is 8.42 Å². The van der Waals surface area contributed by atoms with Crippen LogP contribution in [0.25, 0.3) is 0 Å². The van der Waals surface area contributed by atoms with Crippen molar-refractivity contribution in [1.82, 2.24) is 10.2 Å². The number of sulfonamides is 1. The lowest BCUT2D eigenvalue weighted by atomic mass is 10.1. The quantitative estimate of drug-likeness (QED) is 0.586. The van der Waals surface area contributed by atoms with Crippen LogP contribution >= 0.6 is 0 Å². The zero-order valence-electron chi connectivity index (χ0n) is 18.4. The van der Waals surface area contributed by atoms with Gasteiger partial charge in [0.1, 0.15) is 0 Å². The maximum Gasteiger partial charge on any atom is 0.262 e. The van der Waals surface area contributed by atoms with E-state index in [1.807, 2.05) is 26.0 Å². The number of ether oxygens (including phenoxy) is 1. The van der Waals surface area contributed by atoms with E-state index in [0.717, 1.165) is 41.2 Å². The van der Waals surface area contributed by atoms with Gasteiger partial charge in [0.05, 0.1) is 30.0 Å². The smallest absolute Gasteiger partial charge is 0.262 e. The highest BCUT2D eigenvalue weighted by molar-refractivity contribution is 7.92. The lowest BCUT2D eigenvalue weighted by Crippen LogP contribution is -2.36. The molecule has 0 saturated carbocycles. The average molecular weight is 454 g/mol. The van der Waals surface area contributed by atoms with Gasteiger partial charge in [-0.05, 0) is 67.8 Å². The summed E-state index contributed by atoms with van der Waals surface area (Å²) < 4.78 is 33.8. The molecule has 3 aromatic rings. The number of nitrogens with one attached hydrogen (secondary N) is 2. The van der Waals surface area contributed by atoms with Crippen LogP contribution in [0.3, 0.4) is 0 Å². The SMILES string of the molecule is Cc1cc(C)c(S(=O)(=O)Nc2ccc(Nc3cc(N4CCOCC4)cnn3)cc2)cc1C. The maximum absolute atomic E-state index is 12.9. The molecule has 2 heterocycles. The van der Waals surface area contributed by atoms with E-state index in [-0.39, 0.29) is 4.90 Å². The Balaban J connectivity index is 1.46. The fraction of sp³-hybridized carbons (Fsp3) is 0.304. The molecule has 0 atom stereocenters. The number of morpholine rings is 1. The van der Waals surface area contributed by atoms with Crippen LogP contribution in [0.4, 0.5) is 22.9 Å². The summed E-state index contributed by atoms with van der Waals surface area (Å²) in [5, 5.41) is 11.5. The number of aromatic nitrogens is 2. The van der Waals surface area contributed by atoms with Gasteiger partial charge in [-0.15, -0.1) is 5.10 Å². The second-order valence-electron chi connectivity index (χ2n) is 7.91. The van der Waals surface area contributed by atoms with Gasteiger partial charge in [0.15, 0.2) is 5.82 Å². The van der Waals surface area contributed by atoms with E-state index >= 15 is 0 Å². The summed E-state index contributed by atoms with van der Waals surface area (Å²) in [6.45, 7) is 8.72. The molecule has 0 unspecified atom stereocenters. The molecule has 2 N–H and O–H groups in total. The molecule has 4 rings (SSSR count). The number of hydrogen-bond donors (Lipinski definition) is 2. The highest BCUT2D eigenvalue weighted by atomic mass is 32.2. The van der Waals surface area contributed by atoms with Gasteiger partial charge in [0.2, 0.25) is 0 Å². The normalized spacial score (nSPS) is 14.3. The van der Waals surface area contributed by atoms with Gasteiger partial charge >= 0.3 is 0 Å². The van der Waals surface area contributed by atoms with Crippen LogP contribution in [0.5, 0.6) is 0 Å². The molecule has 1 aromatic heterocycles. The Bertz CT molecular complexity index is 1210. The predicted octanol–water partition coefficient (Wildman–Crippen LogP) is 3.78. The Morgan fingerprint density at radius 1 is 0.906 bits per heavy atom. The van der Waals surface area contributed by atoms with Crippen molar-refractivity contribution in [3.8, 4) is 0 Å². The van der Waals surface area contributed by atoms with Crippen molar-refractivity contribution in [3.63, 3.8) is 0 Å². The number of hydrogen-bond acceptors (Lipinski definition) is 7. The third-order valence-electron chi connectivity index (χ3n) is 5.51. The Morgan fingerprint density at radius 3 is 2.28 bits per heavy atom. The van der Waals surface area contributed by atoms with Crippen molar-refractivity contribution >= 4 is 32.9 Å². The molecule has 32 heavy (non-hydrogen) atoms. The Labute approximate surface area is 188 Å². The van der Waals surface area contributed by atoms with Crippen molar-refractivity contribution in [3.05, 3.63) is 65.4 Å². The second-order valence-corrected chi connectivity index (χ2v) is 9.56. The van der Waals surface area contributed by atoms with Crippen LogP contribution in [0.2, 0.25) is 0 Å². The second kappa shape index (κ2) is 9.13. The van der Waals surface area contributed by atoms with Gasteiger partial charge in [-0.3, -0.25) is 4.72 Å². The summed E-state index contributed by atoms with van der Waals surface area (Å²) in [4.78, 5) is 2.49. The molecular weight excluding hydrogens is 426 g/mol. The van der Waals surface area contributed by atoms with Crippen LogP contribution < -0.4 is 14.9 Å².